The molecule has 3 rings (SSSR count). The number of rotatable bonds is 5. The molecule has 0 aliphatic carbocycles. The minimum Gasteiger partial charge on any atom is -0.493 e. The van der Waals surface area contributed by atoms with Gasteiger partial charge in [0, 0.05) is 11.8 Å². The van der Waals surface area contributed by atoms with E-state index in [1.807, 2.05) is 0 Å². The molecule has 1 saturated heterocycles. The minimum absolute atomic E-state index is 0.0550. The molecule has 1 aliphatic rings. The Labute approximate surface area is 149 Å². The quantitative estimate of drug-likeness (QED) is 0.775. The third-order valence-electron chi connectivity index (χ3n) is 4.44. The van der Waals surface area contributed by atoms with E-state index >= 15 is 0 Å². The molecule has 2 N–H and O–H groups in total. The van der Waals surface area contributed by atoms with Gasteiger partial charge in [-0.2, -0.15) is 0 Å². The summed E-state index contributed by atoms with van der Waals surface area (Å²) in [7, 11) is 2.98. The normalized spacial score (nSPS) is 19.0. The number of nitrogens with zero attached hydrogens (tertiary/aromatic N) is 1. The van der Waals surface area contributed by atoms with Crippen LogP contribution in [0.1, 0.15) is 11.1 Å². The molecular formula is C18H19N3O5. The molecule has 8 nitrogen and oxygen atoms in total. The third-order valence-corrected chi connectivity index (χ3v) is 4.44. The number of nitrogens with one attached hydrogen (secondary N) is 2. The van der Waals surface area contributed by atoms with Crippen LogP contribution in [-0.4, -0.2) is 30.7 Å². The Hall–Kier alpha value is -3.29. The van der Waals surface area contributed by atoms with E-state index in [4.69, 9.17) is 9.47 Å². The largest absolute Gasteiger partial charge is 0.493 e. The number of aryl methyl sites for hydroxylation is 1. The summed E-state index contributed by atoms with van der Waals surface area (Å²) < 4.78 is 11.9. The van der Waals surface area contributed by atoms with Crippen LogP contribution >= 0.6 is 0 Å². The van der Waals surface area contributed by atoms with E-state index in [0.717, 1.165) is 0 Å². The molecule has 1 unspecified atom stereocenters. The molecule has 1 atom stereocenters. The van der Waals surface area contributed by atoms with Crippen molar-refractivity contribution in [3.63, 3.8) is 0 Å². The van der Waals surface area contributed by atoms with Gasteiger partial charge in [0.25, 0.3) is 11.5 Å². The highest BCUT2D eigenvalue weighted by molar-refractivity contribution is 6.07. The highest BCUT2D eigenvalue weighted by Crippen LogP contribution is 2.34. The van der Waals surface area contributed by atoms with E-state index in [-0.39, 0.29) is 12.1 Å². The molecule has 8 heteroatoms. The Balaban J connectivity index is 2.15. The smallest absolute Gasteiger partial charge is 0.322 e. The fourth-order valence-electron chi connectivity index (χ4n) is 3.04. The Morgan fingerprint density at radius 2 is 1.81 bits per heavy atom. The van der Waals surface area contributed by atoms with Crippen molar-refractivity contribution < 1.29 is 19.1 Å². The van der Waals surface area contributed by atoms with E-state index in [1.54, 1.807) is 43.5 Å². The van der Waals surface area contributed by atoms with Crippen LogP contribution in [-0.2, 0) is 16.9 Å². The maximum absolute atomic E-state index is 12.7. The molecule has 2 aromatic rings. The zero-order valence-corrected chi connectivity index (χ0v) is 14.7. The van der Waals surface area contributed by atoms with E-state index < -0.39 is 17.5 Å². The van der Waals surface area contributed by atoms with Crippen LogP contribution < -0.4 is 25.7 Å². The maximum atomic E-state index is 12.7. The number of pyridine rings is 1. The summed E-state index contributed by atoms with van der Waals surface area (Å²) in [6.07, 6.45) is 1.58. The van der Waals surface area contributed by atoms with Crippen LogP contribution in [0.4, 0.5) is 4.79 Å². The van der Waals surface area contributed by atoms with Crippen LogP contribution in [0.25, 0.3) is 0 Å². The number of hydrogen-bond acceptors (Lipinski definition) is 5. The lowest BCUT2D eigenvalue weighted by molar-refractivity contribution is -0.124. The van der Waals surface area contributed by atoms with Gasteiger partial charge in [0.2, 0.25) is 0 Å². The lowest BCUT2D eigenvalue weighted by atomic mass is 9.89. The summed E-state index contributed by atoms with van der Waals surface area (Å²) in [5, 5.41) is 4.91. The van der Waals surface area contributed by atoms with Crippen molar-refractivity contribution in [2.24, 2.45) is 0 Å². The molecule has 1 aromatic carbocycles. The van der Waals surface area contributed by atoms with Crippen molar-refractivity contribution in [2.75, 3.05) is 14.2 Å². The summed E-state index contributed by atoms with van der Waals surface area (Å²) >= 11 is 0. The summed E-state index contributed by atoms with van der Waals surface area (Å²) in [5.74, 6) is 0.363. The molecule has 1 aromatic heterocycles. The van der Waals surface area contributed by atoms with Gasteiger partial charge in [-0.25, -0.2) is 4.79 Å². The predicted octanol–water partition coefficient (Wildman–Crippen LogP) is 0.909. The number of imide groups is 1. The molecule has 0 spiro atoms. The van der Waals surface area contributed by atoms with Crippen molar-refractivity contribution in [2.45, 2.75) is 19.0 Å². The number of ether oxygens (including phenoxy) is 2. The van der Waals surface area contributed by atoms with Gasteiger partial charge in [0.05, 0.1) is 20.8 Å². The number of hydrogen-bond donors (Lipinski definition) is 2. The summed E-state index contributed by atoms with van der Waals surface area (Å²) in [5.41, 5.74) is -0.651. The molecule has 26 heavy (non-hydrogen) atoms. The summed E-state index contributed by atoms with van der Waals surface area (Å²) in [4.78, 5) is 37.0. The number of carbonyl (C=O) groups excluding carboxylic acids is 2. The van der Waals surface area contributed by atoms with Gasteiger partial charge in [-0.15, -0.1) is 0 Å². The fourth-order valence-corrected chi connectivity index (χ4v) is 3.04. The van der Waals surface area contributed by atoms with Gasteiger partial charge in [-0.1, -0.05) is 12.1 Å². The topological polar surface area (TPSA) is 98.7 Å². The Morgan fingerprint density at radius 1 is 1.08 bits per heavy atom. The Morgan fingerprint density at radius 3 is 2.42 bits per heavy atom. The van der Waals surface area contributed by atoms with Gasteiger partial charge in [-0.05, 0) is 30.7 Å². The van der Waals surface area contributed by atoms with Gasteiger partial charge < -0.3 is 19.4 Å². The second-order valence-corrected chi connectivity index (χ2v) is 6.01. The molecule has 1 aliphatic heterocycles. The van der Waals surface area contributed by atoms with Crippen LogP contribution in [0.5, 0.6) is 11.5 Å². The molecular weight excluding hydrogens is 338 g/mol. The van der Waals surface area contributed by atoms with Crippen molar-refractivity contribution in [1.82, 2.24) is 15.2 Å². The third kappa shape index (κ3) is 2.79. The SMILES string of the molecule is COc1ccc(C2(Cn3cccc(C)c3=O)NC(=O)NC2=O)cc1OC. The van der Waals surface area contributed by atoms with Gasteiger partial charge >= 0.3 is 6.03 Å². The van der Waals surface area contributed by atoms with Crippen molar-refractivity contribution >= 4 is 11.9 Å². The van der Waals surface area contributed by atoms with Crippen LogP contribution in [0.2, 0.25) is 0 Å². The first-order valence-electron chi connectivity index (χ1n) is 7.93. The zero-order valence-electron chi connectivity index (χ0n) is 14.7. The highest BCUT2D eigenvalue weighted by Gasteiger charge is 2.48. The number of urea groups is 1. The lowest BCUT2D eigenvalue weighted by Crippen LogP contribution is -2.49. The maximum Gasteiger partial charge on any atom is 0.322 e. The molecule has 3 amide bonds. The predicted molar refractivity (Wildman–Crippen MR) is 93.3 cm³/mol. The molecule has 0 radical (unpaired) electrons. The van der Waals surface area contributed by atoms with Crippen molar-refractivity contribution in [3.8, 4) is 11.5 Å². The standard InChI is InChI=1S/C18H19N3O5/c1-11-5-4-8-21(15(11)22)10-18(16(23)19-17(24)20-18)12-6-7-13(25-2)14(9-12)26-3/h4-9H,10H2,1-3H3,(H2,19,20,23,24). The highest BCUT2D eigenvalue weighted by atomic mass is 16.5. The van der Waals surface area contributed by atoms with Crippen molar-refractivity contribution in [3.05, 3.63) is 58.0 Å². The van der Waals surface area contributed by atoms with Crippen LogP contribution in [0.3, 0.4) is 0 Å². The first-order valence-corrected chi connectivity index (χ1v) is 7.93. The molecule has 0 saturated carbocycles. The van der Waals surface area contributed by atoms with Gasteiger partial charge in [0.1, 0.15) is 0 Å². The van der Waals surface area contributed by atoms with Crippen LogP contribution in [0.15, 0.2) is 41.3 Å². The van der Waals surface area contributed by atoms with Crippen molar-refractivity contribution in [1.29, 1.82) is 0 Å². The van der Waals surface area contributed by atoms with E-state index in [1.165, 1.54) is 18.8 Å². The minimum atomic E-state index is -1.44. The van der Waals surface area contributed by atoms with Gasteiger partial charge in [-0.3, -0.25) is 14.9 Å². The first-order chi connectivity index (χ1) is 12.4. The number of carbonyl (C=O) groups is 2. The molecule has 1 fully saturated rings. The molecule has 136 valence electrons. The molecule has 2 heterocycles. The summed E-state index contributed by atoms with van der Waals surface area (Å²) in [6, 6.07) is 7.71. The Kier molecular flexibility index (Phi) is 4.41. The number of amides is 3. The number of benzene rings is 1. The fraction of sp³-hybridized carbons (Fsp3) is 0.278. The average molecular weight is 357 g/mol. The second kappa shape index (κ2) is 6.55. The monoisotopic (exact) mass is 357 g/mol. The average Bonchev–Trinajstić information content (AvgIpc) is 2.92. The van der Waals surface area contributed by atoms with E-state index in [0.29, 0.717) is 22.6 Å². The zero-order chi connectivity index (χ0) is 18.9. The second-order valence-electron chi connectivity index (χ2n) is 6.01. The summed E-state index contributed by atoms with van der Waals surface area (Å²) in [6.45, 7) is 1.63. The van der Waals surface area contributed by atoms with E-state index in [2.05, 4.69) is 10.6 Å². The first kappa shape index (κ1) is 17.5. The number of methoxy groups -OCH3 is 2. The molecule has 0 bridgehead atoms. The lowest BCUT2D eigenvalue weighted by Gasteiger charge is -2.28. The Bertz CT molecular complexity index is 937. The number of aromatic nitrogens is 1. The van der Waals surface area contributed by atoms with E-state index in [9.17, 15) is 14.4 Å². The van der Waals surface area contributed by atoms with Gasteiger partial charge in [0.15, 0.2) is 17.0 Å². The van der Waals surface area contributed by atoms with Crippen LogP contribution in [0, 0.1) is 6.92 Å².